The predicted octanol–water partition coefficient (Wildman–Crippen LogP) is 2.89. The largest absolute Gasteiger partial charge is 0.358 e. The number of aromatic nitrogens is 4. The van der Waals surface area contributed by atoms with Crippen LogP contribution in [0.15, 0.2) is 36.9 Å². The van der Waals surface area contributed by atoms with Crippen LogP contribution in [0, 0.1) is 5.82 Å². The first-order chi connectivity index (χ1) is 10.2. The summed E-state index contributed by atoms with van der Waals surface area (Å²) in [6.45, 7) is 3.27. The molecule has 0 unspecified atom stereocenters. The van der Waals surface area contributed by atoms with E-state index in [0.717, 1.165) is 17.9 Å². The fourth-order valence-corrected chi connectivity index (χ4v) is 2.22. The summed E-state index contributed by atoms with van der Waals surface area (Å²) >= 11 is 0. The Kier molecular flexibility index (Phi) is 4.92. The van der Waals surface area contributed by atoms with Gasteiger partial charge in [0.25, 0.3) is 0 Å². The van der Waals surface area contributed by atoms with Crippen LogP contribution in [0.3, 0.4) is 0 Å². The molecule has 116 valence electrons. The molecule has 0 saturated heterocycles. The van der Waals surface area contributed by atoms with Gasteiger partial charge >= 0.3 is 0 Å². The van der Waals surface area contributed by atoms with Gasteiger partial charge in [0.2, 0.25) is 0 Å². The molecule has 3 aromatic rings. The van der Waals surface area contributed by atoms with E-state index in [9.17, 15) is 4.39 Å². The normalized spacial score (nSPS) is 10.5. The number of nitrogens with zero attached hydrogens (tertiary/aromatic N) is 5. The molecule has 0 atom stereocenters. The van der Waals surface area contributed by atoms with Crippen LogP contribution in [0.25, 0.3) is 11.2 Å². The third-order valence-electron chi connectivity index (χ3n) is 3.52. The minimum Gasteiger partial charge on any atom is -0.358 e. The van der Waals surface area contributed by atoms with Crippen LogP contribution < -0.4 is 4.90 Å². The second kappa shape index (κ2) is 6.70. The first kappa shape index (κ1) is 16.2. The monoisotopic (exact) mass is 321 g/mol. The highest BCUT2D eigenvalue weighted by Crippen LogP contribution is 2.21. The fraction of sp³-hybridized carbons (Fsp3) is 0.267. The van der Waals surface area contributed by atoms with Crippen molar-refractivity contribution in [1.29, 1.82) is 0 Å². The highest BCUT2D eigenvalue weighted by Gasteiger charge is 2.13. The van der Waals surface area contributed by atoms with Crippen LogP contribution in [-0.4, -0.2) is 33.1 Å². The Morgan fingerprint density at radius 2 is 1.95 bits per heavy atom. The number of imidazole rings is 1. The van der Waals surface area contributed by atoms with Gasteiger partial charge in [-0.2, -0.15) is 0 Å². The zero-order valence-electron chi connectivity index (χ0n) is 12.4. The van der Waals surface area contributed by atoms with E-state index in [-0.39, 0.29) is 18.2 Å². The van der Waals surface area contributed by atoms with Crippen molar-refractivity contribution in [3.05, 3.63) is 48.3 Å². The van der Waals surface area contributed by atoms with Gasteiger partial charge < -0.3 is 9.47 Å². The van der Waals surface area contributed by atoms with E-state index in [4.69, 9.17) is 0 Å². The molecule has 0 bridgehead atoms. The van der Waals surface area contributed by atoms with Crippen LogP contribution in [0.1, 0.15) is 12.5 Å². The number of hydrogen-bond donors (Lipinski definition) is 0. The third kappa shape index (κ3) is 2.87. The molecule has 0 aliphatic carbocycles. The van der Waals surface area contributed by atoms with Crippen molar-refractivity contribution in [2.24, 2.45) is 0 Å². The number of rotatable bonds is 4. The minimum atomic E-state index is -0.223. The van der Waals surface area contributed by atoms with Crippen molar-refractivity contribution < 1.29 is 4.39 Å². The van der Waals surface area contributed by atoms with Gasteiger partial charge in [-0.25, -0.2) is 19.3 Å². The van der Waals surface area contributed by atoms with Gasteiger partial charge in [-0.05, 0) is 13.0 Å². The summed E-state index contributed by atoms with van der Waals surface area (Å²) in [7, 11) is 1.96. The maximum absolute atomic E-state index is 13.8. The lowest BCUT2D eigenvalue weighted by molar-refractivity contribution is 0.601. The lowest BCUT2D eigenvalue weighted by Crippen LogP contribution is -2.17. The maximum Gasteiger partial charge on any atom is 0.165 e. The van der Waals surface area contributed by atoms with Gasteiger partial charge in [-0.1, -0.05) is 18.2 Å². The average molecular weight is 322 g/mol. The zero-order chi connectivity index (χ0) is 14.8. The topological polar surface area (TPSA) is 46.8 Å². The van der Waals surface area contributed by atoms with E-state index in [1.165, 1.54) is 12.4 Å². The van der Waals surface area contributed by atoms with Gasteiger partial charge in [-0.15, -0.1) is 12.4 Å². The van der Waals surface area contributed by atoms with Gasteiger partial charge in [0.1, 0.15) is 12.1 Å². The molecule has 5 nitrogen and oxygen atoms in total. The second-order valence-corrected chi connectivity index (χ2v) is 4.85. The maximum atomic E-state index is 13.8. The van der Waals surface area contributed by atoms with Crippen molar-refractivity contribution in [1.82, 2.24) is 19.5 Å². The van der Waals surface area contributed by atoms with E-state index in [1.54, 1.807) is 18.5 Å². The summed E-state index contributed by atoms with van der Waals surface area (Å²) in [5, 5.41) is 0. The summed E-state index contributed by atoms with van der Waals surface area (Å²) in [5.74, 6) is 0.564. The highest BCUT2D eigenvalue weighted by molar-refractivity contribution is 5.85. The lowest BCUT2D eigenvalue weighted by atomic mass is 10.2. The van der Waals surface area contributed by atoms with Gasteiger partial charge in [0.05, 0.1) is 12.9 Å². The van der Waals surface area contributed by atoms with Crippen LogP contribution in [0.2, 0.25) is 0 Å². The SMILES string of the molecule is CCN(C)c1ncnc2c1ncn2Cc1ccccc1F.Cl. The first-order valence-electron chi connectivity index (χ1n) is 6.81. The van der Waals surface area contributed by atoms with Crippen LogP contribution >= 0.6 is 12.4 Å². The summed E-state index contributed by atoms with van der Waals surface area (Å²) in [6.07, 6.45) is 3.20. The standard InChI is InChI=1S/C15H16FN5.ClH/c1-3-20(2)14-13-15(18-9-17-14)21(10-19-13)8-11-6-4-5-7-12(11)16;/h4-7,9-10H,3,8H2,1-2H3;1H. The molecule has 2 heterocycles. The molecule has 3 rings (SSSR count). The third-order valence-corrected chi connectivity index (χ3v) is 3.52. The molecule has 7 heteroatoms. The molecular formula is C15H17ClFN5. The number of halogens is 2. The Balaban J connectivity index is 0.00000176. The molecule has 0 spiro atoms. The van der Waals surface area contributed by atoms with Crippen LogP contribution in [0.4, 0.5) is 10.2 Å². The smallest absolute Gasteiger partial charge is 0.165 e. The molecule has 2 aromatic heterocycles. The summed E-state index contributed by atoms with van der Waals surface area (Å²) in [6, 6.07) is 6.73. The number of hydrogen-bond acceptors (Lipinski definition) is 4. The molecule has 0 amide bonds. The number of benzene rings is 1. The molecule has 0 aliphatic heterocycles. The van der Waals surface area contributed by atoms with E-state index in [2.05, 4.69) is 15.0 Å². The Morgan fingerprint density at radius 3 is 2.68 bits per heavy atom. The van der Waals surface area contributed by atoms with E-state index < -0.39 is 0 Å². The van der Waals surface area contributed by atoms with Crippen molar-refractivity contribution in [3.8, 4) is 0 Å². The Morgan fingerprint density at radius 1 is 1.18 bits per heavy atom. The van der Waals surface area contributed by atoms with Crippen molar-refractivity contribution in [2.45, 2.75) is 13.5 Å². The summed E-state index contributed by atoms with van der Waals surface area (Å²) in [4.78, 5) is 15.0. The first-order valence-corrected chi connectivity index (χ1v) is 6.81. The Labute approximate surface area is 134 Å². The molecule has 1 aromatic carbocycles. The fourth-order valence-electron chi connectivity index (χ4n) is 2.22. The quantitative estimate of drug-likeness (QED) is 0.741. The van der Waals surface area contributed by atoms with E-state index >= 15 is 0 Å². The summed E-state index contributed by atoms with van der Waals surface area (Å²) in [5.41, 5.74) is 2.06. The van der Waals surface area contributed by atoms with Gasteiger partial charge in [0.15, 0.2) is 17.0 Å². The molecule has 0 N–H and O–H groups in total. The second-order valence-electron chi connectivity index (χ2n) is 4.85. The zero-order valence-corrected chi connectivity index (χ0v) is 13.2. The number of anilines is 1. The average Bonchev–Trinajstić information content (AvgIpc) is 2.92. The molecule has 0 radical (unpaired) electrons. The van der Waals surface area contributed by atoms with Crippen LogP contribution in [0.5, 0.6) is 0 Å². The molecule has 0 aliphatic rings. The lowest BCUT2D eigenvalue weighted by Gasteiger charge is -2.15. The van der Waals surface area contributed by atoms with E-state index in [1.807, 2.05) is 29.5 Å². The number of fused-ring (bicyclic) bond motifs is 1. The molecule has 22 heavy (non-hydrogen) atoms. The summed E-state index contributed by atoms with van der Waals surface area (Å²) < 4.78 is 15.6. The van der Waals surface area contributed by atoms with Crippen molar-refractivity contribution >= 4 is 29.4 Å². The van der Waals surface area contributed by atoms with Crippen molar-refractivity contribution in [2.75, 3.05) is 18.5 Å². The molecule has 0 fully saturated rings. The van der Waals surface area contributed by atoms with Crippen molar-refractivity contribution in [3.63, 3.8) is 0 Å². The van der Waals surface area contributed by atoms with E-state index in [0.29, 0.717) is 17.8 Å². The van der Waals surface area contributed by atoms with Gasteiger partial charge in [0, 0.05) is 19.2 Å². The molecular weight excluding hydrogens is 305 g/mol. The minimum absolute atomic E-state index is 0. The molecule has 0 saturated carbocycles. The Bertz CT molecular complexity index is 773. The highest BCUT2D eigenvalue weighted by atomic mass is 35.5. The van der Waals surface area contributed by atoms with Crippen LogP contribution in [-0.2, 0) is 6.54 Å². The predicted molar refractivity (Wildman–Crippen MR) is 87.0 cm³/mol. The Hall–Kier alpha value is -2.21. The van der Waals surface area contributed by atoms with Gasteiger partial charge in [-0.3, -0.25) is 0 Å².